The first-order valence-electron chi connectivity index (χ1n) is 7.52. The first-order valence-corrected chi connectivity index (χ1v) is 7.52. The molecule has 0 saturated carbocycles. The van der Waals surface area contributed by atoms with E-state index in [1.165, 1.54) is 24.4 Å². The Bertz CT molecular complexity index is 687. The molecule has 25 heavy (non-hydrogen) atoms. The molecule has 0 heterocycles. The van der Waals surface area contributed by atoms with Gasteiger partial charge in [0.2, 0.25) is 11.8 Å². The highest BCUT2D eigenvalue weighted by Crippen LogP contribution is 2.26. The molecule has 0 saturated heterocycles. The van der Waals surface area contributed by atoms with Gasteiger partial charge < -0.3 is 16.4 Å². The molecule has 0 bridgehead atoms. The number of carbonyl (C=O) groups is 2. The van der Waals surface area contributed by atoms with E-state index in [0.29, 0.717) is 5.71 Å². The third-order valence-corrected chi connectivity index (χ3v) is 3.27. The van der Waals surface area contributed by atoms with Crippen LogP contribution in [-0.4, -0.2) is 35.5 Å². The van der Waals surface area contributed by atoms with Crippen LogP contribution < -0.4 is 16.4 Å². The zero-order chi connectivity index (χ0) is 18.8. The van der Waals surface area contributed by atoms with E-state index in [4.69, 9.17) is 5.73 Å². The summed E-state index contributed by atoms with van der Waals surface area (Å²) in [5.41, 5.74) is 6.00. The molecule has 4 N–H and O–H groups in total. The van der Waals surface area contributed by atoms with E-state index in [1.54, 1.807) is 13.0 Å². The second-order valence-electron chi connectivity index (χ2n) is 5.17. The zero-order valence-corrected chi connectivity index (χ0v) is 13.9. The first kappa shape index (κ1) is 20.0. The summed E-state index contributed by atoms with van der Waals surface area (Å²) < 4.78 is 0. The molecule has 1 atom stereocenters. The zero-order valence-electron chi connectivity index (χ0n) is 13.9. The minimum atomic E-state index is -0.866. The van der Waals surface area contributed by atoms with Crippen LogP contribution in [0.4, 0.5) is 5.69 Å². The lowest BCUT2D eigenvalue weighted by molar-refractivity contribution is -0.385. The number of nitrogens with zero attached hydrogens (tertiary/aromatic N) is 2. The highest BCUT2D eigenvalue weighted by molar-refractivity contribution is 5.89. The molecule has 0 aromatic heterocycles. The third-order valence-electron chi connectivity index (χ3n) is 3.27. The average Bonchev–Trinajstić information content (AvgIpc) is 2.59. The van der Waals surface area contributed by atoms with E-state index in [-0.39, 0.29) is 36.7 Å². The third kappa shape index (κ3) is 6.51. The second kappa shape index (κ2) is 9.93. The Balaban J connectivity index is 2.96. The second-order valence-corrected chi connectivity index (χ2v) is 5.17. The summed E-state index contributed by atoms with van der Waals surface area (Å²) in [5, 5.41) is 16.4. The van der Waals surface area contributed by atoms with E-state index in [9.17, 15) is 19.7 Å². The summed E-state index contributed by atoms with van der Waals surface area (Å²) >= 11 is 0. The SMILES string of the molecule is C=CN=C(C)CNC(=O)CC(NC(=O)CN)c1ccccc1[N+](=O)[O-]. The van der Waals surface area contributed by atoms with E-state index in [2.05, 4.69) is 22.2 Å². The number of para-hydroxylation sites is 1. The molecule has 1 unspecified atom stereocenters. The van der Waals surface area contributed by atoms with Crippen LogP contribution in [0.25, 0.3) is 0 Å². The molecular weight excluding hydrogens is 326 g/mol. The number of hydrogen-bond acceptors (Lipinski definition) is 6. The van der Waals surface area contributed by atoms with E-state index < -0.39 is 16.9 Å². The predicted octanol–water partition coefficient (Wildman–Crippen LogP) is 0.822. The van der Waals surface area contributed by atoms with Crippen molar-refractivity contribution in [1.29, 1.82) is 0 Å². The number of rotatable bonds is 9. The quantitative estimate of drug-likeness (QED) is 0.345. The number of benzene rings is 1. The maximum atomic E-state index is 12.1. The molecule has 0 radical (unpaired) electrons. The number of carbonyl (C=O) groups excluding carboxylic acids is 2. The van der Waals surface area contributed by atoms with Crippen molar-refractivity contribution >= 4 is 23.2 Å². The van der Waals surface area contributed by atoms with Crippen molar-refractivity contribution < 1.29 is 14.5 Å². The summed E-state index contributed by atoms with van der Waals surface area (Å²) in [4.78, 5) is 38.3. The maximum Gasteiger partial charge on any atom is 0.274 e. The van der Waals surface area contributed by atoms with Gasteiger partial charge in [0.1, 0.15) is 0 Å². The Morgan fingerprint density at radius 2 is 2.08 bits per heavy atom. The van der Waals surface area contributed by atoms with Gasteiger partial charge >= 0.3 is 0 Å². The van der Waals surface area contributed by atoms with Gasteiger partial charge in [-0.3, -0.25) is 24.7 Å². The topological polar surface area (TPSA) is 140 Å². The molecule has 1 aromatic rings. The fourth-order valence-corrected chi connectivity index (χ4v) is 2.13. The van der Waals surface area contributed by atoms with Gasteiger partial charge in [0.25, 0.3) is 5.69 Å². The van der Waals surface area contributed by atoms with Crippen LogP contribution in [0, 0.1) is 10.1 Å². The van der Waals surface area contributed by atoms with Crippen molar-refractivity contribution in [2.24, 2.45) is 10.7 Å². The molecule has 1 aromatic carbocycles. The van der Waals surface area contributed by atoms with Gasteiger partial charge in [0, 0.05) is 18.0 Å². The van der Waals surface area contributed by atoms with Crippen molar-refractivity contribution in [3.63, 3.8) is 0 Å². The number of nitro benzene ring substituents is 1. The first-order chi connectivity index (χ1) is 11.9. The normalized spacial score (nSPS) is 12.2. The van der Waals surface area contributed by atoms with Gasteiger partial charge in [-0.2, -0.15) is 0 Å². The fraction of sp³-hybridized carbons (Fsp3) is 0.312. The Hall–Kier alpha value is -3.07. The van der Waals surface area contributed by atoms with E-state index in [0.717, 1.165) is 0 Å². The van der Waals surface area contributed by atoms with Crippen molar-refractivity contribution in [3.8, 4) is 0 Å². The van der Waals surface area contributed by atoms with Crippen LogP contribution in [0.3, 0.4) is 0 Å². The summed E-state index contributed by atoms with van der Waals surface area (Å²) in [7, 11) is 0. The highest BCUT2D eigenvalue weighted by Gasteiger charge is 2.25. The Morgan fingerprint density at radius 1 is 1.40 bits per heavy atom. The molecule has 1 rings (SSSR count). The molecule has 0 fully saturated rings. The van der Waals surface area contributed by atoms with Crippen molar-refractivity contribution in [1.82, 2.24) is 10.6 Å². The van der Waals surface area contributed by atoms with Crippen LogP contribution in [0.5, 0.6) is 0 Å². The van der Waals surface area contributed by atoms with Crippen molar-refractivity contribution in [2.75, 3.05) is 13.1 Å². The van der Waals surface area contributed by atoms with Gasteiger partial charge in [-0.1, -0.05) is 24.8 Å². The van der Waals surface area contributed by atoms with Gasteiger partial charge in [0.15, 0.2) is 0 Å². The lowest BCUT2D eigenvalue weighted by atomic mass is 10.0. The largest absolute Gasteiger partial charge is 0.351 e. The minimum absolute atomic E-state index is 0.169. The fourth-order valence-electron chi connectivity index (χ4n) is 2.13. The molecule has 9 heteroatoms. The molecule has 0 aliphatic heterocycles. The number of aliphatic imine (C=N–C) groups is 1. The van der Waals surface area contributed by atoms with Crippen LogP contribution >= 0.6 is 0 Å². The molecule has 134 valence electrons. The van der Waals surface area contributed by atoms with Gasteiger partial charge in [0.05, 0.1) is 36.0 Å². The van der Waals surface area contributed by atoms with Gasteiger partial charge in [-0.05, 0) is 6.92 Å². The molecule has 0 spiro atoms. The minimum Gasteiger partial charge on any atom is -0.351 e. The molecule has 0 aliphatic carbocycles. The molecular formula is C16H21N5O4. The number of hydrogen-bond donors (Lipinski definition) is 3. The lowest BCUT2D eigenvalue weighted by Gasteiger charge is -2.18. The maximum absolute atomic E-state index is 12.1. The summed E-state index contributed by atoms with van der Waals surface area (Å²) in [6, 6.07) is 5.06. The smallest absolute Gasteiger partial charge is 0.274 e. The van der Waals surface area contributed by atoms with Gasteiger partial charge in [-0.25, -0.2) is 0 Å². The standard InChI is InChI=1S/C16H21N5O4/c1-3-18-11(2)10-19-15(22)8-13(20-16(23)9-17)12-6-4-5-7-14(12)21(24)25/h3-7,13H,1,8-10,17H2,2H3,(H,19,22)(H,20,23). The van der Waals surface area contributed by atoms with E-state index in [1.807, 2.05) is 0 Å². The summed E-state index contributed by atoms with van der Waals surface area (Å²) in [5.74, 6) is -0.903. The van der Waals surface area contributed by atoms with Crippen molar-refractivity contribution in [3.05, 3.63) is 52.7 Å². The molecule has 0 aliphatic rings. The Morgan fingerprint density at radius 3 is 2.68 bits per heavy atom. The van der Waals surface area contributed by atoms with Crippen LogP contribution in [0.15, 0.2) is 42.0 Å². The van der Waals surface area contributed by atoms with Gasteiger partial charge in [-0.15, -0.1) is 0 Å². The number of amides is 2. The molecule has 9 nitrogen and oxygen atoms in total. The van der Waals surface area contributed by atoms with Crippen molar-refractivity contribution in [2.45, 2.75) is 19.4 Å². The Labute approximate surface area is 145 Å². The number of nitro groups is 1. The number of nitrogens with two attached hydrogens (primary N) is 1. The monoisotopic (exact) mass is 347 g/mol. The summed E-state index contributed by atoms with van der Waals surface area (Å²) in [6.45, 7) is 5.10. The average molecular weight is 347 g/mol. The Kier molecular flexibility index (Phi) is 7.94. The predicted molar refractivity (Wildman–Crippen MR) is 94.0 cm³/mol. The van der Waals surface area contributed by atoms with E-state index >= 15 is 0 Å². The summed E-state index contributed by atoms with van der Waals surface area (Å²) in [6.07, 6.45) is 1.19. The van der Waals surface area contributed by atoms with Crippen LogP contribution in [0.1, 0.15) is 24.9 Å². The molecule has 2 amide bonds. The van der Waals surface area contributed by atoms with Crippen LogP contribution in [-0.2, 0) is 9.59 Å². The lowest BCUT2D eigenvalue weighted by Crippen LogP contribution is -2.38. The van der Waals surface area contributed by atoms with Crippen LogP contribution in [0.2, 0.25) is 0 Å². The number of nitrogens with one attached hydrogen (secondary N) is 2. The highest BCUT2D eigenvalue weighted by atomic mass is 16.6.